The molecule has 0 atom stereocenters. The molecular weight excluding hydrogens is 384 g/mol. The molecule has 0 aliphatic carbocycles. The number of pyridine rings is 1. The first kappa shape index (κ1) is 17.6. The van der Waals surface area contributed by atoms with Crippen molar-refractivity contribution in [2.24, 2.45) is 0 Å². The number of benzene rings is 2. The van der Waals surface area contributed by atoms with Crippen LogP contribution in [0.4, 0.5) is 11.4 Å². The molecule has 0 radical (unpaired) electrons. The summed E-state index contributed by atoms with van der Waals surface area (Å²) in [6.45, 7) is 0. The summed E-state index contributed by atoms with van der Waals surface area (Å²) < 4.78 is 5.70. The van der Waals surface area contributed by atoms with E-state index in [2.05, 4.69) is 15.3 Å². The van der Waals surface area contributed by atoms with Crippen molar-refractivity contribution in [1.29, 1.82) is 0 Å². The molecular formula is C19H11ClN4O4. The Balaban J connectivity index is 1.59. The molecule has 0 saturated carbocycles. The topological polar surface area (TPSA) is 111 Å². The number of non-ortho nitro benzene ring substituents is 1. The van der Waals surface area contributed by atoms with E-state index in [0.29, 0.717) is 22.7 Å². The van der Waals surface area contributed by atoms with Gasteiger partial charge >= 0.3 is 0 Å². The molecule has 0 bridgehead atoms. The van der Waals surface area contributed by atoms with Gasteiger partial charge in [0.2, 0.25) is 5.89 Å². The first-order valence-electron chi connectivity index (χ1n) is 8.07. The maximum absolute atomic E-state index is 12.5. The number of hydrogen-bond donors (Lipinski definition) is 1. The molecule has 28 heavy (non-hydrogen) atoms. The van der Waals surface area contributed by atoms with Gasteiger partial charge in [-0.15, -0.1) is 0 Å². The molecule has 1 amide bonds. The number of carbonyl (C=O) groups excluding carboxylic acids is 1. The molecule has 0 aliphatic heterocycles. The highest BCUT2D eigenvalue weighted by molar-refractivity contribution is 6.34. The van der Waals surface area contributed by atoms with Crippen LogP contribution >= 0.6 is 11.6 Å². The number of nitrogens with zero attached hydrogens (tertiary/aromatic N) is 3. The van der Waals surface area contributed by atoms with Crippen molar-refractivity contribution in [3.8, 4) is 11.5 Å². The van der Waals surface area contributed by atoms with E-state index in [9.17, 15) is 14.9 Å². The zero-order valence-corrected chi connectivity index (χ0v) is 14.9. The lowest BCUT2D eigenvalue weighted by molar-refractivity contribution is -0.384. The Hall–Kier alpha value is -3.78. The Morgan fingerprint density at radius 3 is 2.75 bits per heavy atom. The Bertz CT molecular complexity index is 1210. The van der Waals surface area contributed by atoms with Crippen LogP contribution in [0.5, 0.6) is 0 Å². The maximum atomic E-state index is 12.5. The summed E-state index contributed by atoms with van der Waals surface area (Å²) in [4.78, 5) is 31.1. The predicted octanol–water partition coefficient (Wildman–Crippen LogP) is 4.70. The van der Waals surface area contributed by atoms with E-state index in [1.165, 1.54) is 12.1 Å². The van der Waals surface area contributed by atoms with Gasteiger partial charge in [-0.3, -0.25) is 19.9 Å². The lowest BCUT2D eigenvalue weighted by Gasteiger charge is -2.06. The summed E-state index contributed by atoms with van der Waals surface area (Å²) in [5, 5.41) is 13.5. The third-order valence-electron chi connectivity index (χ3n) is 3.96. The van der Waals surface area contributed by atoms with E-state index < -0.39 is 10.8 Å². The summed E-state index contributed by atoms with van der Waals surface area (Å²) in [5.74, 6) is -0.0692. The number of amides is 1. The number of nitro groups is 1. The van der Waals surface area contributed by atoms with Crippen LogP contribution in [-0.4, -0.2) is 20.8 Å². The lowest BCUT2D eigenvalue weighted by atomic mass is 10.2. The quantitative estimate of drug-likeness (QED) is 0.396. The first-order chi connectivity index (χ1) is 13.5. The summed E-state index contributed by atoms with van der Waals surface area (Å²) >= 11 is 6.00. The number of rotatable bonds is 4. The van der Waals surface area contributed by atoms with Crippen LogP contribution in [-0.2, 0) is 0 Å². The van der Waals surface area contributed by atoms with E-state index in [1.807, 2.05) is 6.07 Å². The standard InChI is InChI=1S/C19H11ClN4O4/c20-15-9-13(24(26)27)4-5-14(15)18(25)22-12-3-6-17-16(8-12)23-19(28-17)11-2-1-7-21-10-11/h1-10H,(H,22,25). The minimum Gasteiger partial charge on any atom is -0.436 e. The molecule has 0 unspecified atom stereocenters. The van der Waals surface area contributed by atoms with Crippen LogP contribution in [0.1, 0.15) is 10.4 Å². The molecule has 0 aliphatic rings. The van der Waals surface area contributed by atoms with Crippen LogP contribution < -0.4 is 5.32 Å². The number of anilines is 1. The number of nitro benzene ring substituents is 1. The van der Waals surface area contributed by atoms with E-state index in [1.54, 1.807) is 36.7 Å². The van der Waals surface area contributed by atoms with Crippen molar-refractivity contribution >= 4 is 40.0 Å². The second-order valence-corrected chi connectivity index (χ2v) is 6.23. The van der Waals surface area contributed by atoms with E-state index >= 15 is 0 Å². The Morgan fingerprint density at radius 2 is 2.04 bits per heavy atom. The second kappa shape index (κ2) is 7.09. The molecule has 2 heterocycles. The predicted molar refractivity (Wildman–Crippen MR) is 103 cm³/mol. The first-order valence-corrected chi connectivity index (χ1v) is 8.45. The average molecular weight is 395 g/mol. The SMILES string of the molecule is O=C(Nc1ccc2oc(-c3cccnc3)nc2c1)c1ccc([N+](=O)[O-])cc1Cl. The van der Waals surface area contributed by atoms with E-state index in [4.69, 9.17) is 16.0 Å². The average Bonchev–Trinajstić information content (AvgIpc) is 3.12. The molecule has 8 nitrogen and oxygen atoms in total. The molecule has 1 N–H and O–H groups in total. The minimum absolute atomic E-state index is 0.00641. The molecule has 138 valence electrons. The smallest absolute Gasteiger partial charge is 0.270 e. The Labute approximate surface area is 162 Å². The monoisotopic (exact) mass is 394 g/mol. The van der Waals surface area contributed by atoms with Gasteiger partial charge < -0.3 is 9.73 Å². The highest BCUT2D eigenvalue weighted by atomic mass is 35.5. The van der Waals surface area contributed by atoms with Gasteiger partial charge in [-0.25, -0.2) is 4.98 Å². The molecule has 9 heteroatoms. The van der Waals surface area contributed by atoms with Crippen molar-refractivity contribution in [3.05, 3.63) is 81.6 Å². The van der Waals surface area contributed by atoms with Gasteiger partial charge in [-0.1, -0.05) is 11.6 Å². The lowest BCUT2D eigenvalue weighted by Crippen LogP contribution is -2.12. The molecule has 0 spiro atoms. The van der Waals surface area contributed by atoms with Gasteiger partial charge in [0.1, 0.15) is 5.52 Å². The van der Waals surface area contributed by atoms with Gasteiger partial charge in [-0.05, 0) is 36.4 Å². The fourth-order valence-corrected chi connectivity index (χ4v) is 2.88. The van der Waals surface area contributed by atoms with Gasteiger partial charge in [0.15, 0.2) is 5.58 Å². The molecule has 4 aromatic rings. The number of oxazole rings is 1. The van der Waals surface area contributed by atoms with Crippen LogP contribution in [0, 0.1) is 10.1 Å². The number of hydrogen-bond acceptors (Lipinski definition) is 6. The zero-order chi connectivity index (χ0) is 19.7. The highest BCUT2D eigenvalue weighted by Crippen LogP contribution is 2.27. The van der Waals surface area contributed by atoms with Crippen LogP contribution in [0.3, 0.4) is 0 Å². The number of carbonyl (C=O) groups is 1. The Kier molecular flexibility index (Phi) is 4.46. The van der Waals surface area contributed by atoms with Gasteiger partial charge in [0, 0.05) is 30.2 Å². The molecule has 2 aromatic heterocycles. The second-order valence-electron chi connectivity index (χ2n) is 5.82. The number of nitrogens with one attached hydrogen (secondary N) is 1. The third kappa shape index (κ3) is 3.40. The molecule has 0 saturated heterocycles. The molecule has 4 rings (SSSR count). The van der Waals surface area contributed by atoms with Crippen molar-refractivity contribution < 1.29 is 14.1 Å². The number of aromatic nitrogens is 2. The number of fused-ring (bicyclic) bond motifs is 1. The van der Waals surface area contributed by atoms with Crippen molar-refractivity contribution in [3.63, 3.8) is 0 Å². The van der Waals surface area contributed by atoms with Gasteiger partial charge in [0.05, 0.1) is 21.1 Å². The normalized spacial score (nSPS) is 10.8. The summed E-state index contributed by atoms with van der Waals surface area (Å²) in [5.41, 5.74) is 2.29. The maximum Gasteiger partial charge on any atom is 0.270 e. The van der Waals surface area contributed by atoms with Crippen LogP contribution in [0.2, 0.25) is 5.02 Å². The fourth-order valence-electron chi connectivity index (χ4n) is 2.62. The summed E-state index contributed by atoms with van der Waals surface area (Å²) in [6, 6.07) is 12.3. The largest absolute Gasteiger partial charge is 0.436 e. The minimum atomic E-state index is -0.577. The fraction of sp³-hybridized carbons (Fsp3) is 0. The number of halogens is 1. The van der Waals surface area contributed by atoms with E-state index in [0.717, 1.165) is 11.6 Å². The highest BCUT2D eigenvalue weighted by Gasteiger charge is 2.16. The third-order valence-corrected chi connectivity index (χ3v) is 4.27. The van der Waals surface area contributed by atoms with Gasteiger partial charge in [0.25, 0.3) is 11.6 Å². The Morgan fingerprint density at radius 1 is 1.18 bits per heavy atom. The molecule has 2 aromatic carbocycles. The van der Waals surface area contributed by atoms with Crippen molar-refractivity contribution in [2.45, 2.75) is 0 Å². The van der Waals surface area contributed by atoms with Crippen LogP contribution in [0.15, 0.2) is 65.3 Å². The van der Waals surface area contributed by atoms with Gasteiger partial charge in [-0.2, -0.15) is 0 Å². The summed E-state index contributed by atoms with van der Waals surface area (Å²) in [6.07, 6.45) is 3.30. The van der Waals surface area contributed by atoms with Crippen LogP contribution in [0.25, 0.3) is 22.6 Å². The van der Waals surface area contributed by atoms with E-state index in [-0.39, 0.29) is 16.3 Å². The van der Waals surface area contributed by atoms with Crippen molar-refractivity contribution in [2.75, 3.05) is 5.32 Å². The van der Waals surface area contributed by atoms with Crippen molar-refractivity contribution in [1.82, 2.24) is 9.97 Å². The zero-order valence-electron chi connectivity index (χ0n) is 14.1. The summed E-state index contributed by atoms with van der Waals surface area (Å²) in [7, 11) is 0. The molecule has 0 fully saturated rings.